The zero-order valence-corrected chi connectivity index (χ0v) is 8.09. The van der Waals surface area contributed by atoms with Crippen LogP contribution in [0, 0.1) is 0 Å². The number of rotatable bonds is 3. The first-order valence-corrected chi connectivity index (χ1v) is 4.04. The number of aliphatic hydroxyl groups excluding tert-OH is 1. The molecule has 5 nitrogen and oxygen atoms in total. The topological polar surface area (TPSA) is 71.5 Å². The second-order valence-corrected chi connectivity index (χ2v) is 2.72. The number of methoxy groups -OCH3 is 1. The molecule has 0 aliphatic carbocycles. The minimum absolute atomic E-state index is 0.169. The summed E-state index contributed by atoms with van der Waals surface area (Å²) in [5.74, 6) is -1.07. The van der Waals surface area contributed by atoms with Crippen LogP contribution in [0.2, 0.25) is 0 Å². The van der Waals surface area contributed by atoms with Crippen molar-refractivity contribution in [3.8, 4) is 11.8 Å². The van der Waals surface area contributed by atoms with Crippen LogP contribution in [0.1, 0.15) is 5.56 Å². The summed E-state index contributed by atoms with van der Waals surface area (Å²) in [5, 5.41) is 8.79. The van der Waals surface area contributed by atoms with Gasteiger partial charge in [0.05, 0.1) is 19.3 Å². The number of pyridine rings is 1. The molecule has 0 bridgehead atoms. The highest BCUT2D eigenvalue weighted by Crippen LogP contribution is 2.22. The molecule has 0 unspecified atom stereocenters. The van der Waals surface area contributed by atoms with Crippen LogP contribution < -0.4 is 14.9 Å². The molecular weight excluding hydrogens is 231 g/mol. The highest BCUT2D eigenvalue weighted by Gasteiger charge is 2.32. The predicted octanol–water partition coefficient (Wildman–Crippen LogP) is 0.774. The van der Waals surface area contributed by atoms with Crippen molar-refractivity contribution in [2.75, 3.05) is 7.11 Å². The van der Waals surface area contributed by atoms with E-state index in [1.54, 1.807) is 0 Å². The van der Waals surface area contributed by atoms with Gasteiger partial charge in [0.15, 0.2) is 5.43 Å². The Balaban J connectivity index is 3.16. The quantitative estimate of drug-likeness (QED) is 0.817. The molecule has 0 atom stereocenters. The maximum Gasteiger partial charge on any atom is 0.574 e. The average Bonchev–Trinajstić information content (AvgIpc) is 2.14. The molecule has 1 aromatic heterocycles. The number of H-pyrrole nitrogens is 1. The third-order valence-corrected chi connectivity index (χ3v) is 1.66. The molecule has 0 amide bonds. The van der Waals surface area contributed by atoms with Gasteiger partial charge in [-0.05, 0) is 0 Å². The fourth-order valence-electron chi connectivity index (χ4n) is 1.05. The van der Waals surface area contributed by atoms with Crippen molar-refractivity contribution in [3.05, 3.63) is 21.9 Å². The molecular formula is C8H8F3NO4. The molecule has 0 aromatic carbocycles. The number of aliphatic hydroxyl groups is 1. The van der Waals surface area contributed by atoms with Gasteiger partial charge in [-0.15, -0.1) is 13.2 Å². The van der Waals surface area contributed by atoms with Crippen LogP contribution in [-0.2, 0) is 6.61 Å². The first-order chi connectivity index (χ1) is 7.37. The summed E-state index contributed by atoms with van der Waals surface area (Å²) in [5.41, 5.74) is -0.977. The summed E-state index contributed by atoms with van der Waals surface area (Å²) in [6.07, 6.45) is -4.91. The first-order valence-electron chi connectivity index (χ1n) is 4.04. The Bertz CT molecular complexity index is 426. The summed E-state index contributed by atoms with van der Waals surface area (Å²) >= 11 is 0. The van der Waals surface area contributed by atoms with Gasteiger partial charge in [0.25, 0.3) is 0 Å². The second kappa shape index (κ2) is 4.44. The lowest BCUT2D eigenvalue weighted by Gasteiger charge is -2.11. The van der Waals surface area contributed by atoms with Crippen molar-refractivity contribution >= 4 is 0 Å². The molecule has 1 heterocycles. The molecule has 0 radical (unpaired) electrons. The van der Waals surface area contributed by atoms with Crippen LogP contribution in [0.3, 0.4) is 0 Å². The number of hydrogen-bond acceptors (Lipinski definition) is 4. The number of aromatic amines is 1. The number of alkyl halides is 3. The van der Waals surface area contributed by atoms with E-state index in [1.807, 2.05) is 0 Å². The maximum atomic E-state index is 11.9. The molecule has 0 saturated carbocycles. The van der Waals surface area contributed by atoms with Crippen LogP contribution in [0.25, 0.3) is 0 Å². The van der Waals surface area contributed by atoms with Gasteiger partial charge in [-0.3, -0.25) is 9.78 Å². The van der Waals surface area contributed by atoms with E-state index in [1.165, 1.54) is 0 Å². The normalized spacial score (nSPS) is 11.3. The van der Waals surface area contributed by atoms with Crippen molar-refractivity contribution in [2.24, 2.45) is 0 Å². The molecule has 0 aliphatic heterocycles. The lowest BCUT2D eigenvalue weighted by molar-refractivity contribution is -0.276. The molecule has 2 N–H and O–H groups in total. The maximum absolute atomic E-state index is 11.9. The molecule has 0 saturated heterocycles. The van der Waals surface area contributed by atoms with Crippen LogP contribution in [0.15, 0.2) is 10.9 Å². The molecule has 8 heteroatoms. The summed E-state index contributed by atoms with van der Waals surface area (Å²) in [6, 6.07) is 0.585. The van der Waals surface area contributed by atoms with Crippen LogP contribution in [0.4, 0.5) is 13.2 Å². The van der Waals surface area contributed by atoms with Gasteiger partial charge < -0.3 is 14.6 Å². The molecule has 0 fully saturated rings. The number of hydrogen-bond donors (Lipinski definition) is 2. The fourth-order valence-corrected chi connectivity index (χ4v) is 1.05. The lowest BCUT2D eigenvalue weighted by atomic mass is 10.3. The van der Waals surface area contributed by atoms with Gasteiger partial charge in [0, 0.05) is 6.07 Å². The minimum Gasteiger partial charge on any atom is -0.482 e. The van der Waals surface area contributed by atoms with Crippen molar-refractivity contribution in [1.82, 2.24) is 4.98 Å². The largest absolute Gasteiger partial charge is 0.574 e. The smallest absolute Gasteiger partial charge is 0.482 e. The highest BCUT2D eigenvalue weighted by atomic mass is 19.4. The van der Waals surface area contributed by atoms with E-state index in [4.69, 9.17) is 5.11 Å². The Morgan fingerprint density at radius 1 is 1.50 bits per heavy atom. The Morgan fingerprint density at radius 3 is 2.56 bits per heavy atom. The first kappa shape index (κ1) is 12.4. The van der Waals surface area contributed by atoms with Gasteiger partial charge in [-0.2, -0.15) is 0 Å². The zero-order chi connectivity index (χ0) is 12.3. The van der Waals surface area contributed by atoms with E-state index < -0.39 is 24.3 Å². The van der Waals surface area contributed by atoms with Gasteiger partial charge in [-0.1, -0.05) is 0 Å². The second-order valence-electron chi connectivity index (χ2n) is 2.72. The Labute approximate surface area is 87.4 Å². The lowest BCUT2D eigenvalue weighted by Crippen LogP contribution is -2.20. The molecule has 16 heavy (non-hydrogen) atoms. The highest BCUT2D eigenvalue weighted by molar-refractivity contribution is 5.30. The SMILES string of the molecule is COc1[nH]c(OC(F)(F)F)cc(=O)c1CO. The van der Waals surface area contributed by atoms with Gasteiger partial charge in [0.2, 0.25) is 11.8 Å². The van der Waals surface area contributed by atoms with Gasteiger partial charge in [-0.25, -0.2) is 0 Å². The van der Waals surface area contributed by atoms with E-state index in [0.29, 0.717) is 6.07 Å². The predicted molar refractivity (Wildman–Crippen MR) is 46.2 cm³/mol. The van der Waals surface area contributed by atoms with Crippen LogP contribution >= 0.6 is 0 Å². The Kier molecular flexibility index (Phi) is 3.43. The van der Waals surface area contributed by atoms with Crippen molar-refractivity contribution in [3.63, 3.8) is 0 Å². The minimum atomic E-state index is -4.91. The Morgan fingerprint density at radius 2 is 2.12 bits per heavy atom. The monoisotopic (exact) mass is 239 g/mol. The third kappa shape index (κ3) is 2.89. The zero-order valence-electron chi connectivity index (χ0n) is 8.09. The van der Waals surface area contributed by atoms with E-state index in [0.717, 1.165) is 7.11 Å². The molecule has 0 spiro atoms. The van der Waals surface area contributed by atoms with Crippen molar-refractivity contribution in [1.29, 1.82) is 0 Å². The van der Waals surface area contributed by atoms with Crippen molar-refractivity contribution < 1.29 is 27.8 Å². The number of halogens is 3. The standard InChI is InChI=1S/C8H8F3NO4/c1-15-7-4(3-13)5(14)2-6(12-7)16-8(9,10)11/h2,13H,3H2,1H3,(H,12,14). The number of nitrogens with one attached hydrogen (secondary N) is 1. The van der Waals surface area contributed by atoms with E-state index in [2.05, 4.69) is 14.5 Å². The van der Waals surface area contributed by atoms with Crippen molar-refractivity contribution in [2.45, 2.75) is 13.0 Å². The fraction of sp³-hybridized carbons (Fsp3) is 0.375. The Hall–Kier alpha value is -1.70. The van der Waals surface area contributed by atoms with Gasteiger partial charge >= 0.3 is 6.36 Å². The molecule has 0 aliphatic rings. The number of ether oxygens (including phenoxy) is 2. The van der Waals surface area contributed by atoms with E-state index >= 15 is 0 Å². The third-order valence-electron chi connectivity index (χ3n) is 1.66. The molecule has 1 rings (SSSR count). The summed E-state index contributed by atoms with van der Waals surface area (Å²) in [4.78, 5) is 13.3. The summed E-state index contributed by atoms with van der Waals surface area (Å²) in [6.45, 7) is -0.648. The summed E-state index contributed by atoms with van der Waals surface area (Å²) in [7, 11) is 1.14. The van der Waals surface area contributed by atoms with Gasteiger partial charge in [0.1, 0.15) is 0 Å². The molecule has 1 aromatic rings. The van der Waals surface area contributed by atoms with Crippen LogP contribution in [-0.4, -0.2) is 23.6 Å². The average molecular weight is 239 g/mol. The van der Waals surface area contributed by atoms with E-state index in [-0.39, 0.29) is 11.4 Å². The van der Waals surface area contributed by atoms with E-state index in [9.17, 15) is 18.0 Å². The molecule has 90 valence electrons. The number of aromatic nitrogens is 1. The summed E-state index contributed by atoms with van der Waals surface area (Å²) < 4.78 is 43.7. The van der Waals surface area contributed by atoms with Crippen LogP contribution in [0.5, 0.6) is 11.8 Å².